The summed E-state index contributed by atoms with van der Waals surface area (Å²) in [6.45, 7) is 8.82. The molecule has 0 bridgehead atoms. The van der Waals surface area contributed by atoms with Crippen LogP contribution in [0.4, 0.5) is 0 Å². The standard InChI is InChI=1S/C11H23NO2/c1-10(2)11-9-13-8-6-12-5-3-4-7-14-11/h10-12H,3-9H2,1-2H3. The van der Waals surface area contributed by atoms with E-state index in [1.165, 1.54) is 6.42 Å². The fraction of sp³-hybridized carbons (Fsp3) is 1.00. The number of hydrogen-bond donors (Lipinski definition) is 1. The third-order valence-electron chi connectivity index (χ3n) is 2.53. The van der Waals surface area contributed by atoms with Gasteiger partial charge in [-0.05, 0) is 25.3 Å². The second-order valence-electron chi connectivity index (χ2n) is 4.19. The molecule has 1 atom stereocenters. The fourth-order valence-electron chi connectivity index (χ4n) is 1.49. The van der Waals surface area contributed by atoms with Gasteiger partial charge in [0.05, 0.1) is 19.3 Å². The van der Waals surface area contributed by atoms with Crippen molar-refractivity contribution in [3.05, 3.63) is 0 Å². The SMILES string of the molecule is CC(C)C1COCCNCCCCO1. The average Bonchev–Trinajstić information content (AvgIpc) is 2.21. The van der Waals surface area contributed by atoms with Crippen molar-refractivity contribution in [2.75, 3.05) is 32.9 Å². The Labute approximate surface area is 87.2 Å². The highest BCUT2D eigenvalue weighted by molar-refractivity contribution is 4.62. The summed E-state index contributed by atoms with van der Waals surface area (Å²) >= 11 is 0. The lowest BCUT2D eigenvalue weighted by atomic mass is 10.1. The maximum absolute atomic E-state index is 5.78. The average molecular weight is 201 g/mol. The molecule has 1 rings (SSSR count). The van der Waals surface area contributed by atoms with E-state index < -0.39 is 0 Å². The molecule has 0 spiro atoms. The van der Waals surface area contributed by atoms with Gasteiger partial charge in [-0.15, -0.1) is 0 Å². The van der Waals surface area contributed by atoms with Crippen LogP contribution in [0.3, 0.4) is 0 Å². The Morgan fingerprint density at radius 1 is 1.14 bits per heavy atom. The van der Waals surface area contributed by atoms with Crippen molar-refractivity contribution >= 4 is 0 Å². The molecule has 3 heteroatoms. The second-order valence-corrected chi connectivity index (χ2v) is 4.19. The van der Waals surface area contributed by atoms with Crippen LogP contribution in [0, 0.1) is 5.92 Å². The van der Waals surface area contributed by atoms with Gasteiger partial charge >= 0.3 is 0 Å². The van der Waals surface area contributed by atoms with Gasteiger partial charge in [0.1, 0.15) is 0 Å². The summed E-state index contributed by atoms with van der Waals surface area (Å²) in [5, 5.41) is 3.35. The molecule has 1 heterocycles. The largest absolute Gasteiger partial charge is 0.377 e. The lowest BCUT2D eigenvalue weighted by Gasteiger charge is -2.21. The molecule has 1 aliphatic rings. The van der Waals surface area contributed by atoms with Crippen LogP contribution in [0.1, 0.15) is 26.7 Å². The summed E-state index contributed by atoms with van der Waals surface area (Å²) in [7, 11) is 0. The molecule has 3 nitrogen and oxygen atoms in total. The van der Waals surface area contributed by atoms with Gasteiger partial charge in [0.15, 0.2) is 0 Å². The molecule has 84 valence electrons. The summed E-state index contributed by atoms with van der Waals surface area (Å²) in [6, 6.07) is 0. The Balaban J connectivity index is 2.27. The lowest BCUT2D eigenvalue weighted by molar-refractivity contribution is -0.0376. The predicted molar refractivity (Wildman–Crippen MR) is 57.5 cm³/mol. The van der Waals surface area contributed by atoms with Crippen LogP contribution in [0.5, 0.6) is 0 Å². The Bertz CT molecular complexity index is 127. The van der Waals surface area contributed by atoms with Crippen LogP contribution >= 0.6 is 0 Å². The van der Waals surface area contributed by atoms with Crippen LogP contribution in [0.25, 0.3) is 0 Å². The van der Waals surface area contributed by atoms with Gasteiger partial charge in [-0.3, -0.25) is 0 Å². The molecule has 0 amide bonds. The Kier molecular flexibility index (Phi) is 6.15. The quantitative estimate of drug-likeness (QED) is 0.696. The monoisotopic (exact) mass is 201 g/mol. The van der Waals surface area contributed by atoms with Crippen molar-refractivity contribution in [1.29, 1.82) is 0 Å². The molecular formula is C11H23NO2. The topological polar surface area (TPSA) is 30.5 Å². The number of nitrogens with one attached hydrogen (secondary N) is 1. The molecule has 1 unspecified atom stereocenters. The lowest BCUT2D eigenvalue weighted by Crippen LogP contribution is -2.27. The molecule has 0 aromatic carbocycles. The molecule has 0 radical (unpaired) electrons. The molecule has 0 saturated carbocycles. The Morgan fingerprint density at radius 3 is 2.79 bits per heavy atom. The summed E-state index contributed by atoms with van der Waals surface area (Å²) in [4.78, 5) is 0. The van der Waals surface area contributed by atoms with Crippen molar-refractivity contribution in [2.45, 2.75) is 32.8 Å². The summed E-state index contributed by atoms with van der Waals surface area (Å²) in [6.07, 6.45) is 2.62. The van der Waals surface area contributed by atoms with E-state index in [0.717, 1.165) is 39.3 Å². The van der Waals surface area contributed by atoms with Gasteiger partial charge in [0.25, 0.3) is 0 Å². The maximum atomic E-state index is 5.78. The van der Waals surface area contributed by atoms with E-state index in [1.807, 2.05) is 0 Å². The highest BCUT2D eigenvalue weighted by atomic mass is 16.5. The summed E-state index contributed by atoms with van der Waals surface area (Å²) in [5.41, 5.74) is 0. The van der Waals surface area contributed by atoms with Gasteiger partial charge in [0, 0.05) is 13.2 Å². The minimum atomic E-state index is 0.271. The van der Waals surface area contributed by atoms with Crippen LogP contribution in [0.2, 0.25) is 0 Å². The van der Waals surface area contributed by atoms with E-state index in [0.29, 0.717) is 5.92 Å². The molecule has 1 aliphatic heterocycles. The molecule has 0 aliphatic carbocycles. The van der Waals surface area contributed by atoms with Crippen molar-refractivity contribution in [3.63, 3.8) is 0 Å². The molecular weight excluding hydrogens is 178 g/mol. The zero-order valence-electron chi connectivity index (χ0n) is 9.42. The molecule has 0 aromatic rings. The Hall–Kier alpha value is -0.120. The van der Waals surface area contributed by atoms with Gasteiger partial charge in [-0.2, -0.15) is 0 Å². The van der Waals surface area contributed by atoms with E-state index in [9.17, 15) is 0 Å². The molecule has 1 saturated heterocycles. The third kappa shape index (κ3) is 4.94. The second kappa shape index (κ2) is 7.21. The van der Waals surface area contributed by atoms with Crippen molar-refractivity contribution in [1.82, 2.24) is 5.32 Å². The first-order valence-electron chi connectivity index (χ1n) is 5.71. The van der Waals surface area contributed by atoms with Gasteiger partial charge < -0.3 is 14.8 Å². The first-order chi connectivity index (χ1) is 6.80. The van der Waals surface area contributed by atoms with Crippen molar-refractivity contribution in [3.8, 4) is 0 Å². The smallest absolute Gasteiger partial charge is 0.0831 e. The van der Waals surface area contributed by atoms with E-state index in [2.05, 4.69) is 19.2 Å². The van der Waals surface area contributed by atoms with Gasteiger partial charge in [0.2, 0.25) is 0 Å². The van der Waals surface area contributed by atoms with Crippen molar-refractivity contribution < 1.29 is 9.47 Å². The van der Waals surface area contributed by atoms with Gasteiger partial charge in [-0.25, -0.2) is 0 Å². The first-order valence-corrected chi connectivity index (χ1v) is 5.71. The number of ether oxygens (including phenoxy) is 2. The van der Waals surface area contributed by atoms with Crippen LogP contribution in [0.15, 0.2) is 0 Å². The van der Waals surface area contributed by atoms with Crippen LogP contribution in [-0.2, 0) is 9.47 Å². The summed E-state index contributed by atoms with van der Waals surface area (Å²) in [5.74, 6) is 0.545. The van der Waals surface area contributed by atoms with Crippen molar-refractivity contribution in [2.24, 2.45) is 5.92 Å². The molecule has 14 heavy (non-hydrogen) atoms. The fourth-order valence-corrected chi connectivity index (χ4v) is 1.49. The Morgan fingerprint density at radius 2 is 2.00 bits per heavy atom. The predicted octanol–water partition coefficient (Wildman–Crippen LogP) is 1.43. The van der Waals surface area contributed by atoms with E-state index in [4.69, 9.17) is 9.47 Å². The molecule has 1 N–H and O–H groups in total. The zero-order valence-corrected chi connectivity index (χ0v) is 9.42. The number of rotatable bonds is 1. The minimum Gasteiger partial charge on any atom is -0.377 e. The highest BCUT2D eigenvalue weighted by Gasteiger charge is 2.14. The van der Waals surface area contributed by atoms with Gasteiger partial charge in [-0.1, -0.05) is 13.8 Å². The third-order valence-corrected chi connectivity index (χ3v) is 2.53. The minimum absolute atomic E-state index is 0.271. The first kappa shape index (κ1) is 12.0. The molecule has 0 aromatic heterocycles. The highest BCUT2D eigenvalue weighted by Crippen LogP contribution is 2.08. The number of hydrogen-bond acceptors (Lipinski definition) is 3. The van der Waals surface area contributed by atoms with E-state index in [-0.39, 0.29) is 6.10 Å². The zero-order chi connectivity index (χ0) is 10.2. The summed E-state index contributed by atoms with van der Waals surface area (Å²) < 4.78 is 11.3. The van der Waals surface area contributed by atoms with Crippen LogP contribution in [-0.4, -0.2) is 39.0 Å². The molecule has 1 fully saturated rings. The van der Waals surface area contributed by atoms with Crippen LogP contribution < -0.4 is 5.32 Å². The normalized spacial score (nSPS) is 27.2. The maximum Gasteiger partial charge on any atom is 0.0831 e. The van der Waals surface area contributed by atoms with E-state index in [1.54, 1.807) is 0 Å². The van der Waals surface area contributed by atoms with E-state index >= 15 is 0 Å².